The fourth-order valence-electron chi connectivity index (χ4n) is 2.34. The molecular weight excluding hydrogens is 292 g/mol. The first-order valence-electron chi connectivity index (χ1n) is 6.40. The summed E-state index contributed by atoms with van der Waals surface area (Å²) >= 11 is 3.62. The van der Waals surface area contributed by atoms with Gasteiger partial charge in [-0.15, -0.1) is 0 Å². The molecule has 2 atom stereocenters. The van der Waals surface area contributed by atoms with Gasteiger partial charge in [-0.2, -0.15) is 0 Å². The molecule has 1 aromatic carbocycles. The van der Waals surface area contributed by atoms with Crippen LogP contribution in [0.4, 0.5) is 0 Å². The van der Waals surface area contributed by atoms with Crippen LogP contribution < -0.4 is 10.1 Å². The molecule has 2 unspecified atom stereocenters. The number of hydrogen-bond donors (Lipinski definition) is 1. The van der Waals surface area contributed by atoms with Crippen molar-refractivity contribution in [3.8, 4) is 5.75 Å². The van der Waals surface area contributed by atoms with Gasteiger partial charge in [-0.25, -0.2) is 0 Å². The summed E-state index contributed by atoms with van der Waals surface area (Å²) < 4.78 is 6.45. The second-order valence-corrected chi connectivity index (χ2v) is 5.90. The summed E-state index contributed by atoms with van der Waals surface area (Å²) in [6.07, 6.45) is 0. The van der Waals surface area contributed by atoms with E-state index in [1.165, 1.54) is 5.56 Å². The van der Waals surface area contributed by atoms with Gasteiger partial charge < -0.3 is 10.1 Å². The van der Waals surface area contributed by atoms with E-state index in [1.54, 1.807) is 7.11 Å². The van der Waals surface area contributed by atoms with Crippen molar-refractivity contribution >= 4 is 15.9 Å². The molecule has 0 radical (unpaired) electrons. The number of ether oxygens (including phenoxy) is 1. The molecule has 2 rings (SSSR count). The Morgan fingerprint density at radius 1 is 1.44 bits per heavy atom. The summed E-state index contributed by atoms with van der Waals surface area (Å²) in [5.74, 6) is 0.920. The zero-order chi connectivity index (χ0) is 13.1. The van der Waals surface area contributed by atoms with E-state index in [0.717, 1.165) is 29.9 Å². The van der Waals surface area contributed by atoms with Gasteiger partial charge in [0.2, 0.25) is 0 Å². The summed E-state index contributed by atoms with van der Waals surface area (Å²) in [7, 11) is 1.71. The summed E-state index contributed by atoms with van der Waals surface area (Å²) in [5, 5.41) is 3.51. The fraction of sp³-hybridized carbons (Fsp3) is 0.571. The molecule has 0 spiro atoms. The lowest BCUT2D eigenvalue weighted by Crippen LogP contribution is -2.53. The Morgan fingerprint density at radius 2 is 2.22 bits per heavy atom. The number of rotatable bonds is 3. The van der Waals surface area contributed by atoms with Crippen molar-refractivity contribution < 1.29 is 4.74 Å². The molecule has 1 aliphatic heterocycles. The van der Waals surface area contributed by atoms with Crippen LogP contribution in [-0.4, -0.2) is 37.2 Å². The minimum Gasteiger partial charge on any atom is -0.497 e. The monoisotopic (exact) mass is 312 g/mol. The Morgan fingerprint density at radius 3 is 2.94 bits per heavy atom. The number of halogens is 1. The molecule has 0 amide bonds. The van der Waals surface area contributed by atoms with Crippen molar-refractivity contribution in [1.82, 2.24) is 10.2 Å². The number of hydrogen-bond acceptors (Lipinski definition) is 3. The second-order valence-electron chi connectivity index (χ2n) is 5.05. The summed E-state index contributed by atoms with van der Waals surface area (Å²) in [6.45, 7) is 7.62. The molecule has 1 N–H and O–H groups in total. The van der Waals surface area contributed by atoms with Crippen LogP contribution in [0.2, 0.25) is 0 Å². The first kappa shape index (κ1) is 13.8. The van der Waals surface area contributed by atoms with E-state index in [0.29, 0.717) is 12.1 Å². The summed E-state index contributed by atoms with van der Waals surface area (Å²) in [5.41, 5.74) is 1.29. The van der Waals surface area contributed by atoms with Crippen LogP contribution in [-0.2, 0) is 6.54 Å². The van der Waals surface area contributed by atoms with Crippen molar-refractivity contribution in [3.05, 3.63) is 28.2 Å². The SMILES string of the molecule is COc1ccc(Br)c(CN2CC(C)NCC2C)c1. The van der Waals surface area contributed by atoms with Crippen LogP contribution in [0, 0.1) is 0 Å². The third-order valence-corrected chi connectivity index (χ3v) is 4.29. The van der Waals surface area contributed by atoms with Gasteiger partial charge in [0, 0.05) is 36.2 Å². The Hall–Kier alpha value is -0.580. The average molecular weight is 313 g/mol. The normalized spacial score (nSPS) is 25.1. The van der Waals surface area contributed by atoms with E-state index < -0.39 is 0 Å². The number of piperazine rings is 1. The van der Waals surface area contributed by atoms with Crippen molar-refractivity contribution in [2.24, 2.45) is 0 Å². The maximum absolute atomic E-state index is 5.30. The first-order valence-corrected chi connectivity index (χ1v) is 7.19. The van der Waals surface area contributed by atoms with E-state index >= 15 is 0 Å². The molecule has 100 valence electrons. The molecule has 1 saturated heterocycles. The van der Waals surface area contributed by atoms with Gasteiger partial charge in [0.15, 0.2) is 0 Å². The van der Waals surface area contributed by atoms with E-state index in [1.807, 2.05) is 6.07 Å². The van der Waals surface area contributed by atoms with Crippen LogP contribution in [0.5, 0.6) is 5.75 Å². The third kappa shape index (κ3) is 3.25. The highest BCUT2D eigenvalue weighted by molar-refractivity contribution is 9.10. The van der Waals surface area contributed by atoms with Crippen LogP contribution >= 0.6 is 15.9 Å². The molecule has 0 bridgehead atoms. The zero-order valence-electron chi connectivity index (χ0n) is 11.2. The smallest absolute Gasteiger partial charge is 0.119 e. The van der Waals surface area contributed by atoms with Gasteiger partial charge in [0.25, 0.3) is 0 Å². The van der Waals surface area contributed by atoms with E-state index in [9.17, 15) is 0 Å². The van der Waals surface area contributed by atoms with Gasteiger partial charge in [-0.1, -0.05) is 15.9 Å². The van der Waals surface area contributed by atoms with E-state index in [2.05, 4.69) is 52.1 Å². The lowest BCUT2D eigenvalue weighted by molar-refractivity contribution is 0.138. The molecular formula is C14H21BrN2O. The minimum absolute atomic E-state index is 0.561. The fourth-order valence-corrected chi connectivity index (χ4v) is 2.71. The number of benzene rings is 1. The highest BCUT2D eigenvalue weighted by atomic mass is 79.9. The Kier molecular flexibility index (Phi) is 4.65. The maximum Gasteiger partial charge on any atom is 0.119 e. The van der Waals surface area contributed by atoms with E-state index in [4.69, 9.17) is 4.74 Å². The molecule has 1 aromatic rings. The number of methoxy groups -OCH3 is 1. The quantitative estimate of drug-likeness (QED) is 0.928. The molecule has 1 heterocycles. The predicted octanol–water partition coefficient (Wildman–Crippen LogP) is 2.64. The summed E-state index contributed by atoms with van der Waals surface area (Å²) in [4.78, 5) is 2.51. The topological polar surface area (TPSA) is 24.5 Å². The second kappa shape index (κ2) is 6.04. The molecule has 18 heavy (non-hydrogen) atoms. The Balaban J connectivity index is 2.12. The highest BCUT2D eigenvalue weighted by Gasteiger charge is 2.22. The predicted molar refractivity (Wildman–Crippen MR) is 78.0 cm³/mol. The van der Waals surface area contributed by atoms with Crippen molar-refractivity contribution in [2.45, 2.75) is 32.5 Å². The van der Waals surface area contributed by atoms with Crippen molar-refractivity contribution in [2.75, 3.05) is 20.2 Å². The number of nitrogens with one attached hydrogen (secondary N) is 1. The molecule has 3 nitrogen and oxygen atoms in total. The molecule has 1 fully saturated rings. The van der Waals surface area contributed by atoms with Crippen molar-refractivity contribution in [3.63, 3.8) is 0 Å². The maximum atomic E-state index is 5.30. The summed E-state index contributed by atoms with van der Waals surface area (Å²) in [6, 6.07) is 7.29. The average Bonchev–Trinajstić information content (AvgIpc) is 2.36. The van der Waals surface area contributed by atoms with Gasteiger partial charge >= 0.3 is 0 Å². The third-order valence-electron chi connectivity index (χ3n) is 3.52. The molecule has 1 aliphatic rings. The van der Waals surface area contributed by atoms with Gasteiger partial charge in [0.1, 0.15) is 5.75 Å². The Bertz CT molecular complexity index is 411. The van der Waals surface area contributed by atoms with Crippen LogP contribution in [0.3, 0.4) is 0 Å². The minimum atomic E-state index is 0.561. The van der Waals surface area contributed by atoms with Gasteiger partial charge in [0.05, 0.1) is 7.11 Å². The van der Waals surface area contributed by atoms with Gasteiger partial charge in [-0.05, 0) is 37.6 Å². The van der Waals surface area contributed by atoms with E-state index in [-0.39, 0.29) is 0 Å². The number of nitrogens with zero attached hydrogens (tertiary/aromatic N) is 1. The molecule has 0 saturated carbocycles. The lowest BCUT2D eigenvalue weighted by atomic mass is 10.1. The van der Waals surface area contributed by atoms with Crippen LogP contribution in [0.15, 0.2) is 22.7 Å². The molecule has 0 aliphatic carbocycles. The lowest BCUT2D eigenvalue weighted by Gasteiger charge is -2.37. The van der Waals surface area contributed by atoms with Crippen LogP contribution in [0.25, 0.3) is 0 Å². The standard InChI is InChI=1S/C14H21BrN2O/c1-10-8-17(11(2)7-16-10)9-12-6-13(18-3)4-5-14(12)15/h4-6,10-11,16H,7-9H2,1-3H3. The largest absolute Gasteiger partial charge is 0.497 e. The first-order chi connectivity index (χ1) is 8.60. The molecule has 0 aromatic heterocycles. The molecule has 4 heteroatoms. The van der Waals surface area contributed by atoms with Crippen LogP contribution in [0.1, 0.15) is 19.4 Å². The van der Waals surface area contributed by atoms with Crippen molar-refractivity contribution in [1.29, 1.82) is 0 Å². The zero-order valence-corrected chi connectivity index (χ0v) is 12.8. The highest BCUT2D eigenvalue weighted by Crippen LogP contribution is 2.25. The van der Waals surface area contributed by atoms with Gasteiger partial charge in [-0.3, -0.25) is 4.90 Å². The Labute approximate surface area is 118 Å².